The summed E-state index contributed by atoms with van der Waals surface area (Å²) in [7, 11) is -1.89. The average molecular weight is 434 g/mol. The number of methoxy groups -OCH3 is 1. The van der Waals surface area contributed by atoms with Crippen molar-refractivity contribution in [3.63, 3.8) is 0 Å². The zero-order valence-electron chi connectivity index (χ0n) is 17.0. The standard InChI is InChI=1S/C21H27N3O5S/c1-28-12-13-29-16-17-5-4-7-19(15-17)23-21(25)22-10-14-30(26,27)24-11-9-18-6-2-3-8-20(18)24/h2-8,15H,9-14,16H2,1H3,(H2,22,23,25). The van der Waals surface area contributed by atoms with Crippen LogP contribution in [0.4, 0.5) is 16.2 Å². The smallest absolute Gasteiger partial charge is 0.319 e. The van der Waals surface area contributed by atoms with Crippen molar-refractivity contribution in [3.05, 3.63) is 59.7 Å². The maximum Gasteiger partial charge on any atom is 0.319 e. The van der Waals surface area contributed by atoms with E-state index in [9.17, 15) is 13.2 Å². The average Bonchev–Trinajstić information content (AvgIpc) is 3.16. The normalized spacial score (nSPS) is 13.2. The SMILES string of the molecule is COCCOCc1cccc(NC(=O)NCCS(=O)(=O)N2CCc3ccccc32)c1. The molecule has 0 saturated heterocycles. The second kappa shape index (κ2) is 10.4. The number of nitrogens with one attached hydrogen (secondary N) is 2. The van der Waals surface area contributed by atoms with E-state index in [1.807, 2.05) is 42.5 Å². The maximum absolute atomic E-state index is 12.7. The van der Waals surface area contributed by atoms with Crippen molar-refractivity contribution < 1.29 is 22.7 Å². The van der Waals surface area contributed by atoms with Crippen molar-refractivity contribution in [3.8, 4) is 0 Å². The van der Waals surface area contributed by atoms with Crippen molar-refractivity contribution in [1.82, 2.24) is 5.32 Å². The van der Waals surface area contributed by atoms with E-state index >= 15 is 0 Å². The summed E-state index contributed by atoms with van der Waals surface area (Å²) in [5, 5.41) is 5.33. The number of rotatable bonds is 10. The number of fused-ring (bicyclic) bond motifs is 1. The minimum atomic E-state index is -3.50. The molecule has 0 saturated carbocycles. The van der Waals surface area contributed by atoms with Crippen LogP contribution in [-0.2, 0) is 32.5 Å². The molecular formula is C21H27N3O5S. The van der Waals surface area contributed by atoms with Crippen molar-refractivity contribution in [1.29, 1.82) is 0 Å². The number of hydrogen-bond donors (Lipinski definition) is 2. The predicted molar refractivity (Wildman–Crippen MR) is 116 cm³/mol. The molecule has 9 heteroatoms. The highest BCUT2D eigenvalue weighted by atomic mass is 32.2. The van der Waals surface area contributed by atoms with E-state index in [1.54, 1.807) is 13.2 Å². The van der Waals surface area contributed by atoms with Gasteiger partial charge in [0.05, 0.1) is 31.3 Å². The first-order valence-electron chi connectivity index (χ1n) is 9.78. The molecule has 8 nitrogen and oxygen atoms in total. The van der Waals surface area contributed by atoms with E-state index in [0.29, 0.717) is 38.5 Å². The molecule has 0 aliphatic carbocycles. The first kappa shape index (κ1) is 22.1. The number of urea groups is 1. The zero-order valence-corrected chi connectivity index (χ0v) is 17.8. The molecule has 0 radical (unpaired) electrons. The van der Waals surface area contributed by atoms with E-state index < -0.39 is 16.1 Å². The molecule has 3 rings (SSSR count). The summed E-state index contributed by atoms with van der Waals surface area (Å²) < 4.78 is 37.1. The number of benzene rings is 2. The third-order valence-corrected chi connectivity index (χ3v) is 6.48. The van der Waals surface area contributed by atoms with Crippen LogP contribution < -0.4 is 14.9 Å². The Kier molecular flexibility index (Phi) is 7.67. The number of carbonyl (C=O) groups excluding carboxylic acids is 1. The molecule has 0 atom stereocenters. The number of para-hydroxylation sites is 1. The van der Waals surface area contributed by atoms with Gasteiger partial charge in [-0.25, -0.2) is 13.2 Å². The summed E-state index contributed by atoms with van der Waals surface area (Å²) in [5.74, 6) is -0.165. The Morgan fingerprint density at radius 1 is 1.13 bits per heavy atom. The van der Waals surface area contributed by atoms with Gasteiger partial charge in [-0.05, 0) is 35.7 Å². The molecule has 162 valence electrons. The quantitative estimate of drug-likeness (QED) is 0.561. The minimum absolute atomic E-state index is 0.0205. The number of sulfonamides is 1. The van der Waals surface area contributed by atoms with Crippen LogP contribution in [0.5, 0.6) is 0 Å². The fourth-order valence-electron chi connectivity index (χ4n) is 3.25. The largest absolute Gasteiger partial charge is 0.382 e. The van der Waals surface area contributed by atoms with Crippen molar-refractivity contribution in [2.75, 3.05) is 48.8 Å². The molecule has 0 spiro atoms. The van der Waals surface area contributed by atoms with Crippen molar-refractivity contribution in [2.45, 2.75) is 13.0 Å². The topological polar surface area (TPSA) is 97.0 Å². The second-order valence-electron chi connectivity index (χ2n) is 6.89. The van der Waals surface area contributed by atoms with Gasteiger partial charge in [-0.2, -0.15) is 0 Å². The van der Waals surface area contributed by atoms with Crippen LogP contribution >= 0.6 is 0 Å². The Hall–Kier alpha value is -2.62. The highest BCUT2D eigenvalue weighted by molar-refractivity contribution is 7.92. The van der Waals surface area contributed by atoms with Crippen LogP contribution in [0.3, 0.4) is 0 Å². The Balaban J connectivity index is 1.46. The van der Waals surface area contributed by atoms with Gasteiger partial charge in [-0.15, -0.1) is 0 Å². The number of amides is 2. The van der Waals surface area contributed by atoms with Gasteiger partial charge >= 0.3 is 6.03 Å². The summed E-state index contributed by atoms with van der Waals surface area (Å²) in [6, 6.07) is 14.3. The van der Waals surface area contributed by atoms with Gasteiger partial charge in [-0.3, -0.25) is 4.31 Å². The van der Waals surface area contributed by atoms with Gasteiger partial charge < -0.3 is 20.1 Å². The molecule has 2 N–H and O–H groups in total. The third-order valence-electron chi connectivity index (χ3n) is 4.71. The van der Waals surface area contributed by atoms with E-state index in [2.05, 4.69) is 10.6 Å². The second-order valence-corrected chi connectivity index (χ2v) is 8.91. The van der Waals surface area contributed by atoms with Crippen LogP contribution in [-0.4, -0.2) is 53.6 Å². The Morgan fingerprint density at radius 2 is 1.97 bits per heavy atom. The maximum atomic E-state index is 12.7. The highest BCUT2D eigenvalue weighted by Crippen LogP contribution is 2.29. The lowest BCUT2D eigenvalue weighted by atomic mass is 10.2. The first-order chi connectivity index (χ1) is 14.5. The van der Waals surface area contributed by atoms with Gasteiger partial charge in [0.1, 0.15) is 0 Å². The molecule has 2 aromatic rings. The molecule has 30 heavy (non-hydrogen) atoms. The number of anilines is 2. The van der Waals surface area contributed by atoms with Crippen LogP contribution in [0, 0.1) is 0 Å². The number of hydrogen-bond acceptors (Lipinski definition) is 5. The molecule has 2 aromatic carbocycles. The summed E-state index contributed by atoms with van der Waals surface area (Å²) in [6.07, 6.45) is 0.703. The third kappa shape index (κ3) is 5.94. The van der Waals surface area contributed by atoms with Crippen molar-refractivity contribution >= 4 is 27.4 Å². The minimum Gasteiger partial charge on any atom is -0.382 e. The lowest BCUT2D eigenvalue weighted by Gasteiger charge is -2.19. The Labute approximate surface area is 177 Å². The number of carbonyl (C=O) groups is 1. The first-order valence-corrected chi connectivity index (χ1v) is 11.4. The van der Waals surface area contributed by atoms with Crippen molar-refractivity contribution in [2.24, 2.45) is 0 Å². The number of ether oxygens (including phenoxy) is 2. The summed E-state index contributed by atoms with van der Waals surface area (Å²) in [5.41, 5.74) is 3.28. The summed E-state index contributed by atoms with van der Waals surface area (Å²) in [6.45, 7) is 1.88. The zero-order chi connectivity index (χ0) is 21.4. The molecule has 2 amide bonds. The molecule has 0 bridgehead atoms. The van der Waals surface area contributed by atoms with Gasteiger partial charge in [0.2, 0.25) is 10.0 Å². The molecule has 1 aliphatic heterocycles. The van der Waals surface area contributed by atoms with E-state index in [0.717, 1.165) is 16.8 Å². The fraction of sp³-hybridized carbons (Fsp3) is 0.381. The molecule has 0 fully saturated rings. The lowest BCUT2D eigenvalue weighted by molar-refractivity contribution is 0.0617. The molecule has 1 aliphatic rings. The van der Waals surface area contributed by atoms with Gasteiger partial charge in [-0.1, -0.05) is 30.3 Å². The van der Waals surface area contributed by atoms with Gasteiger partial charge in [0.15, 0.2) is 0 Å². The van der Waals surface area contributed by atoms with Gasteiger partial charge in [0, 0.05) is 25.9 Å². The molecule has 0 unspecified atom stereocenters. The Bertz CT molecular complexity index is 965. The van der Waals surface area contributed by atoms with E-state index in [4.69, 9.17) is 9.47 Å². The Morgan fingerprint density at radius 3 is 2.80 bits per heavy atom. The van der Waals surface area contributed by atoms with Crippen LogP contribution in [0.2, 0.25) is 0 Å². The van der Waals surface area contributed by atoms with Crippen LogP contribution in [0.15, 0.2) is 48.5 Å². The lowest BCUT2D eigenvalue weighted by Crippen LogP contribution is -2.38. The molecule has 1 heterocycles. The molecular weight excluding hydrogens is 406 g/mol. The number of nitrogens with zero attached hydrogens (tertiary/aromatic N) is 1. The van der Waals surface area contributed by atoms with Crippen LogP contribution in [0.1, 0.15) is 11.1 Å². The predicted octanol–water partition coefficient (Wildman–Crippen LogP) is 2.36. The monoisotopic (exact) mass is 433 g/mol. The van der Waals surface area contributed by atoms with E-state index in [-0.39, 0.29) is 12.3 Å². The molecule has 0 aromatic heterocycles. The summed E-state index contributed by atoms with van der Waals surface area (Å²) >= 11 is 0. The highest BCUT2D eigenvalue weighted by Gasteiger charge is 2.28. The summed E-state index contributed by atoms with van der Waals surface area (Å²) in [4.78, 5) is 12.2. The van der Waals surface area contributed by atoms with Gasteiger partial charge in [0.25, 0.3) is 0 Å². The van der Waals surface area contributed by atoms with E-state index in [1.165, 1.54) is 4.31 Å². The van der Waals surface area contributed by atoms with Crippen LogP contribution in [0.25, 0.3) is 0 Å². The fourth-order valence-corrected chi connectivity index (χ4v) is 4.67.